The van der Waals surface area contributed by atoms with Crippen LogP contribution in [0.1, 0.15) is 53.3 Å². The van der Waals surface area contributed by atoms with E-state index in [2.05, 4.69) is 4.98 Å². The lowest BCUT2D eigenvalue weighted by molar-refractivity contribution is 0.0533. The van der Waals surface area contributed by atoms with E-state index >= 15 is 0 Å². The number of sulfonamides is 1. The van der Waals surface area contributed by atoms with Gasteiger partial charge in [-0.15, -0.1) is 0 Å². The van der Waals surface area contributed by atoms with Crippen LogP contribution in [0.25, 0.3) is 0 Å². The largest absolute Gasteiger partial charge is 0.457 e. The van der Waals surface area contributed by atoms with E-state index in [1.807, 2.05) is 17.8 Å². The van der Waals surface area contributed by atoms with Gasteiger partial charge >= 0.3 is 5.97 Å². The van der Waals surface area contributed by atoms with Gasteiger partial charge in [0.1, 0.15) is 12.4 Å². The van der Waals surface area contributed by atoms with Gasteiger partial charge in [0.25, 0.3) is 0 Å². The van der Waals surface area contributed by atoms with Crippen molar-refractivity contribution >= 4 is 16.0 Å². The Labute approximate surface area is 158 Å². The Morgan fingerprint density at radius 1 is 1.19 bits per heavy atom. The third-order valence-electron chi connectivity index (χ3n) is 6.15. The van der Waals surface area contributed by atoms with E-state index in [1.54, 1.807) is 28.7 Å². The van der Waals surface area contributed by atoms with Gasteiger partial charge in [-0.05, 0) is 37.8 Å². The van der Waals surface area contributed by atoms with E-state index in [0.717, 1.165) is 31.5 Å². The molecule has 0 aliphatic carbocycles. The van der Waals surface area contributed by atoms with Crippen molar-refractivity contribution in [1.29, 1.82) is 0 Å². The molecule has 0 N–H and O–H groups in total. The highest BCUT2D eigenvalue weighted by Crippen LogP contribution is 2.46. The fraction of sp³-hybridized carbons (Fsp3) is 0.474. The number of fused-ring (bicyclic) bond motifs is 3. The number of ether oxygens (including phenoxy) is 1. The van der Waals surface area contributed by atoms with Gasteiger partial charge in [-0.25, -0.2) is 18.2 Å². The lowest BCUT2D eigenvalue weighted by atomic mass is 9.91. The summed E-state index contributed by atoms with van der Waals surface area (Å²) in [6, 6.07) is 4.81. The first-order valence-corrected chi connectivity index (χ1v) is 10.7. The minimum Gasteiger partial charge on any atom is -0.457 e. The third kappa shape index (κ3) is 2.46. The van der Waals surface area contributed by atoms with Gasteiger partial charge in [0, 0.05) is 43.0 Å². The first-order valence-electron chi connectivity index (χ1n) is 9.26. The zero-order valence-corrected chi connectivity index (χ0v) is 15.9. The van der Waals surface area contributed by atoms with Gasteiger partial charge in [0.2, 0.25) is 10.0 Å². The maximum atomic E-state index is 13.5. The molecule has 7 nitrogen and oxygen atoms in total. The Bertz CT molecular complexity index is 1020. The number of piperidine rings is 1. The zero-order valence-electron chi connectivity index (χ0n) is 15.0. The van der Waals surface area contributed by atoms with Gasteiger partial charge in [-0.2, -0.15) is 4.31 Å². The van der Waals surface area contributed by atoms with Crippen molar-refractivity contribution in [3.8, 4) is 0 Å². The number of aryl methyl sites for hydroxylation is 1. The molecule has 8 heteroatoms. The molecule has 3 aliphatic rings. The molecule has 142 valence electrons. The molecular weight excluding hydrogens is 366 g/mol. The second kappa shape index (κ2) is 5.90. The molecule has 1 aromatic heterocycles. The predicted octanol–water partition coefficient (Wildman–Crippen LogP) is 2.19. The van der Waals surface area contributed by atoms with Crippen molar-refractivity contribution in [2.45, 2.75) is 55.2 Å². The molecule has 2 aromatic rings. The van der Waals surface area contributed by atoms with Crippen molar-refractivity contribution in [3.05, 3.63) is 47.5 Å². The summed E-state index contributed by atoms with van der Waals surface area (Å²) in [5, 5.41) is 0. The van der Waals surface area contributed by atoms with Crippen LogP contribution in [-0.4, -0.2) is 40.3 Å². The smallest absolute Gasteiger partial charge is 0.338 e. The summed E-state index contributed by atoms with van der Waals surface area (Å²) in [7, 11) is -1.69. The molecule has 0 radical (unpaired) electrons. The molecule has 2 bridgehead atoms. The number of carbonyl (C=O) groups excluding carboxylic acids is 1. The van der Waals surface area contributed by atoms with E-state index in [-0.39, 0.29) is 29.5 Å². The molecular formula is C19H21N3O4S. The normalized spacial score (nSPS) is 27.6. The average Bonchev–Trinajstić information content (AvgIpc) is 3.32. The summed E-state index contributed by atoms with van der Waals surface area (Å²) >= 11 is 0. The lowest BCUT2D eigenvalue weighted by Crippen LogP contribution is -2.46. The first kappa shape index (κ1) is 16.9. The quantitative estimate of drug-likeness (QED) is 0.754. The van der Waals surface area contributed by atoms with Crippen LogP contribution in [0.4, 0.5) is 0 Å². The predicted molar refractivity (Wildman–Crippen MR) is 96.6 cm³/mol. The van der Waals surface area contributed by atoms with E-state index in [9.17, 15) is 13.2 Å². The maximum Gasteiger partial charge on any atom is 0.338 e. The Morgan fingerprint density at radius 3 is 2.59 bits per heavy atom. The Hall–Kier alpha value is -2.19. The number of cyclic esters (lactones) is 1. The van der Waals surface area contributed by atoms with E-state index in [0.29, 0.717) is 11.1 Å². The van der Waals surface area contributed by atoms with Gasteiger partial charge in [0.05, 0.1) is 10.5 Å². The lowest BCUT2D eigenvalue weighted by Gasteiger charge is -2.37. The molecule has 0 amide bonds. The number of hydrogen-bond acceptors (Lipinski definition) is 5. The molecule has 0 spiro atoms. The van der Waals surface area contributed by atoms with Crippen molar-refractivity contribution in [1.82, 2.24) is 13.9 Å². The van der Waals surface area contributed by atoms with Gasteiger partial charge < -0.3 is 9.30 Å². The summed E-state index contributed by atoms with van der Waals surface area (Å²) in [5.41, 5.74) is 0.861. The van der Waals surface area contributed by atoms with Crippen LogP contribution in [0.5, 0.6) is 0 Å². The third-order valence-corrected chi connectivity index (χ3v) is 8.24. The standard InChI is InChI=1S/C19H21N3O4S/c1-21-8-7-20-18(21)12-9-13-5-6-14(10-12)22(13)27(24,25)17-4-2-3-15-16(17)11-26-19(15)23/h2-4,7-8,12-14H,5-6,9-11H2,1H3/t12?,13-,14+. The number of esters is 1. The van der Waals surface area contributed by atoms with Gasteiger partial charge in [-0.3, -0.25) is 0 Å². The fourth-order valence-electron chi connectivity index (χ4n) is 4.98. The number of aromatic nitrogens is 2. The number of hydrogen-bond donors (Lipinski definition) is 0. The Balaban J connectivity index is 1.50. The molecule has 0 saturated carbocycles. The number of rotatable bonds is 3. The van der Waals surface area contributed by atoms with Crippen LogP contribution < -0.4 is 0 Å². The summed E-state index contributed by atoms with van der Waals surface area (Å²) in [4.78, 5) is 16.5. The highest BCUT2D eigenvalue weighted by atomic mass is 32.2. The van der Waals surface area contributed by atoms with Gasteiger partial charge in [0.15, 0.2) is 0 Å². The van der Waals surface area contributed by atoms with Crippen molar-refractivity contribution in [2.75, 3.05) is 0 Å². The molecule has 27 heavy (non-hydrogen) atoms. The van der Waals surface area contributed by atoms with Crippen LogP contribution in [0.3, 0.4) is 0 Å². The topological polar surface area (TPSA) is 81.5 Å². The average molecular weight is 387 g/mol. The van der Waals surface area contributed by atoms with E-state index in [4.69, 9.17) is 4.74 Å². The second-order valence-electron chi connectivity index (χ2n) is 7.64. The van der Waals surface area contributed by atoms with Crippen LogP contribution in [0.2, 0.25) is 0 Å². The van der Waals surface area contributed by atoms with E-state index in [1.165, 1.54) is 0 Å². The first-order chi connectivity index (χ1) is 13.0. The summed E-state index contributed by atoms with van der Waals surface area (Å²) in [6.07, 6.45) is 7.04. The fourth-order valence-corrected chi connectivity index (χ4v) is 7.11. The minimum absolute atomic E-state index is 0.0238. The highest BCUT2D eigenvalue weighted by molar-refractivity contribution is 7.89. The van der Waals surface area contributed by atoms with Crippen LogP contribution in [-0.2, 0) is 28.4 Å². The number of carbonyl (C=O) groups is 1. The van der Waals surface area contributed by atoms with Crippen molar-refractivity contribution < 1.29 is 17.9 Å². The Kier molecular flexibility index (Phi) is 3.70. The molecule has 2 saturated heterocycles. The van der Waals surface area contributed by atoms with Crippen molar-refractivity contribution in [3.63, 3.8) is 0 Å². The summed E-state index contributed by atoms with van der Waals surface area (Å²) in [5.74, 6) is 0.863. The monoisotopic (exact) mass is 387 g/mol. The van der Waals surface area contributed by atoms with Crippen LogP contribution in [0.15, 0.2) is 35.5 Å². The number of benzene rings is 1. The van der Waals surface area contributed by atoms with Gasteiger partial charge in [-0.1, -0.05) is 6.07 Å². The summed E-state index contributed by atoms with van der Waals surface area (Å²) in [6.45, 7) is 0.0304. The molecule has 1 unspecified atom stereocenters. The molecule has 2 fully saturated rings. The van der Waals surface area contributed by atoms with E-state index < -0.39 is 16.0 Å². The maximum absolute atomic E-state index is 13.5. The zero-order chi connectivity index (χ0) is 18.8. The molecule has 3 aliphatic heterocycles. The Morgan fingerprint density at radius 2 is 1.93 bits per heavy atom. The molecule has 4 heterocycles. The number of imidazole rings is 1. The molecule has 5 rings (SSSR count). The van der Waals surface area contributed by atoms with Crippen LogP contribution >= 0.6 is 0 Å². The molecule has 1 aromatic carbocycles. The SMILES string of the molecule is Cn1ccnc1C1C[C@H]2CC[C@@H](C1)N2S(=O)(=O)c1cccc2c1COC2=O. The minimum atomic E-state index is -3.68. The highest BCUT2D eigenvalue weighted by Gasteiger charge is 2.49. The molecule has 3 atom stereocenters. The van der Waals surface area contributed by atoms with Crippen LogP contribution in [0, 0.1) is 0 Å². The van der Waals surface area contributed by atoms with Crippen molar-refractivity contribution in [2.24, 2.45) is 7.05 Å². The second-order valence-corrected chi connectivity index (χ2v) is 9.45. The summed E-state index contributed by atoms with van der Waals surface area (Å²) < 4.78 is 35.8. The number of nitrogens with zero attached hydrogens (tertiary/aromatic N) is 3.